The second-order valence-electron chi connectivity index (χ2n) is 5.05. The van der Waals surface area contributed by atoms with Gasteiger partial charge in [-0.15, -0.1) is 0 Å². The number of carbonyl (C=O) groups excluding carboxylic acids is 1. The monoisotopic (exact) mass is 263 g/mol. The van der Waals surface area contributed by atoms with Gasteiger partial charge < -0.3 is 20.0 Å². The van der Waals surface area contributed by atoms with E-state index in [0.717, 1.165) is 36.3 Å². The molecule has 2 N–H and O–H groups in total. The fourth-order valence-electron chi connectivity index (χ4n) is 2.52. The number of ether oxygens (including phenoxy) is 2. The number of hydrogen-bond donors (Lipinski definition) is 1. The second kappa shape index (κ2) is 6.06. The molecule has 0 bridgehead atoms. The average molecular weight is 263 g/mol. The topological polar surface area (TPSA) is 61.5 Å². The number of Topliss-reactive ketones (excluding diaryl/α,β-unsaturated/α-hetero) is 1. The molecule has 19 heavy (non-hydrogen) atoms. The molecule has 0 heterocycles. The minimum atomic E-state index is 0.144. The summed E-state index contributed by atoms with van der Waals surface area (Å²) in [5.74, 6) is 1.97. The maximum absolute atomic E-state index is 10.9. The molecular formula is C15H21NO3. The Labute approximate surface area is 113 Å². The van der Waals surface area contributed by atoms with Crippen LogP contribution in [0.2, 0.25) is 0 Å². The number of fused-ring (bicyclic) bond motifs is 1. The first-order valence-corrected chi connectivity index (χ1v) is 6.68. The van der Waals surface area contributed by atoms with Gasteiger partial charge in [-0.05, 0) is 38.3 Å². The van der Waals surface area contributed by atoms with Crippen molar-refractivity contribution in [2.45, 2.75) is 38.6 Å². The van der Waals surface area contributed by atoms with Gasteiger partial charge in [-0.1, -0.05) is 0 Å². The Morgan fingerprint density at radius 3 is 2.58 bits per heavy atom. The molecule has 104 valence electrons. The van der Waals surface area contributed by atoms with E-state index in [2.05, 4.69) is 0 Å². The van der Waals surface area contributed by atoms with Crippen molar-refractivity contribution in [2.24, 2.45) is 5.73 Å². The van der Waals surface area contributed by atoms with Gasteiger partial charge in [0, 0.05) is 23.6 Å². The zero-order chi connectivity index (χ0) is 13.8. The van der Waals surface area contributed by atoms with Gasteiger partial charge in [0.2, 0.25) is 0 Å². The van der Waals surface area contributed by atoms with E-state index in [0.29, 0.717) is 13.0 Å². The van der Waals surface area contributed by atoms with Crippen molar-refractivity contribution in [1.29, 1.82) is 0 Å². The molecule has 1 aromatic carbocycles. The van der Waals surface area contributed by atoms with Crippen molar-refractivity contribution >= 4 is 5.78 Å². The van der Waals surface area contributed by atoms with E-state index in [9.17, 15) is 4.79 Å². The maximum atomic E-state index is 10.9. The predicted octanol–water partition coefficient (Wildman–Crippen LogP) is 1.87. The van der Waals surface area contributed by atoms with Crippen LogP contribution in [0.15, 0.2) is 12.1 Å². The highest BCUT2D eigenvalue weighted by molar-refractivity contribution is 5.75. The summed E-state index contributed by atoms with van der Waals surface area (Å²) in [5, 5.41) is 0. The van der Waals surface area contributed by atoms with Crippen molar-refractivity contribution in [3.8, 4) is 11.5 Å². The Morgan fingerprint density at radius 2 is 1.95 bits per heavy atom. The van der Waals surface area contributed by atoms with E-state index in [-0.39, 0.29) is 11.8 Å². The molecule has 0 saturated heterocycles. The third kappa shape index (κ3) is 3.26. The van der Waals surface area contributed by atoms with Crippen molar-refractivity contribution in [3.63, 3.8) is 0 Å². The highest BCUT2D eigenvalue weighted by Gasteiger charge is 2.25. The van der Waals surface area contributed by atoms with E-state index in [4.69, 9.17) is 15.2 Å². The standard InChI is InChI=1S/C15H21NO3/c1-10(17)4-3-7-19-15-6-5-14(18-2)12-8-11(16)9-13(12)15/h5-6,11H,3-4,7-9,16H2,1-2H3. The average Bonchev–Trinajstić information content (AvgIpc) is 2.75. The van der Waals surface area contributed by atoms with Crippen LogP contribution in [-0.2, 0) is 17.6 Å². The molecule has 0 fully saturated rings. The summed E-state index contributed by atoms with van der Waals surface area (Å²) in [5.41, 5.74) is 8.34. The van der Waals surface area contributed by atoms with Gasteiger partial charge in [0.05, 0.1) is 13.7 Å². The molecule has 1 aliphatic rings. The normalized spacial score (nSPS) is 17.1. The van der Waals surface area contributed by atoms with Crippen LogP contribution in [0.4, 0.5) is 0 Å². The molecule has 0 aliphatic heterocycles. The van der Waals surface area contributed by atoms with E-state index in [1.807, 2.05) is 12.1 Å². The first-order valence-electron chi connectivity index (χ1n) is 6.68. The summed E-state index contributed by atoms with van der Waals surface area (Å²) in [7, 11) is 1.67. The highest BCUT2D eigenvalue weighted by Crippen LogP contribution is 2.36. The molecule has 1 unspecified atom stereocenters. The van der Waals surface area contributed by atoms with Gasteiger partial charge in [0.1, 0.15) is 17.3 Å². The fraction of sp³-hybridized carbons (Fsp3) is 0.533. The number of carbonyl (C=O) groups is 1. The zero-order valence-corrected chi connectivity index (χ0v) is 11.6. The molecule has 0 saturated carbocycles. The van der Waals surface area contributed by atoms with Gasteiger partial charge in [-0.25, -0.2) is 0 Å². The van der Waals surface area contributed by atoms with Gasteiger partial charge in [0.25, 0.3) is 0 Å². The summed E-state index contributed by atoms with van der Waals surface area (Å²) >= 11 is 0. The lowest BCUT2D eigenvalue weighted by Crippen LogP contribution is -2.19. The summed E-state index contributed by atoms with van der Waals surface area (Å²) in [6.45, 7) is 2.16. The summed E-state index contributed by atoms with van der Waals surface area (Å²) < 4.78 is 11.1. The van der Waals surface area contributed by atoms with Crippen molar-refractivity contribution in [3.05, 3.63) is 23.3 Å². The number of benzene rings is 1. The van der Waals surface area contributed by atoms with E-state index >= 15 is 0 Å². The molecular weight excluding hydrogens is 242 g/mol. The van der Waals surface area contributed by atoms with Crippen molar-refractivity contribution in [2.75, 3.05) is 13.7 Å². The smallest absolute Gasteiger partial charge is 0.129 e. The van der Waals surface area contributed by atoms with Crippen LogP contribution >= 0.6 is 0 Å². The minimum Gasteiger partial charge on any atom is -0.496 e. The highest BCUT2D eigenvalue weighted by atomic mass is 16.5. The molecule has 0 spiro atoms. The SMILES string of the molecule is COc1ccc(OCCCC(C)=O)c2c1CC(N)C2. The quantitative estimate of drug-likeness (QED) is 0.796. The number of hydrogen-bond acceptors (Lipinski definition) is 4. The van der Waals surface area contributed by atoms with Crippen LogP contribution in [0.5, 0.6) is 11.5 Å². The number of nitrogens with two attached hydrogens (primary N) is 1. The summed E-state index contributed by atoms with van der Waals surface area (Å²) in [4.78, 5) is 10.9. The second-order valence-corrected chi connectivity index (χ2v) is 5.05. The van der Waals surface area contributed by atoms with Crippen LogP contribution in [0.25, 0.3) is 0 Å². The molecule has 1 aliphatic carbocycles. The molecule has 4 heteroatoms. The summed E-state index contributed by atoms with van der Waals surface area (Å²) in [6.07, 6.45) is 2.98. The van der Waals surface area contributed by atoms with Crippen LogP contribution in [0, 0.1) is 0 Å². The van der Waals surface area contributed by atoms with Gasteiger partial charge >= 0.3 is 0 Å². The van der Waals surface area contributed by atoms with Crippen molar-refractivity contribution < 1.29 is 14.3 Å². The predicted molar refractivity (Wildman–Crippen MR) is 73.8 cm³/mol. The molecule has 1 aromatic rings. The minimum absolute atomic E-state index is 0.144. The van der Waals surface area contributed by atoms with E-state index < -0.39 is 0 Å². The van der Waals surface area contributed by atoms with Crippen LogP contribution in [-0.4, -0.2) is 25.5 Å². The molecule has 4 nitrogen and oxygen atoms in total. The lowest BCUT2D eigenvalue weighted by atomic mass is 10.1. The lowest BCUT2D eigenvalue weighted by Gasteiger charge is -2.13. The molecule has 2 rings (SSSR count). The fourth-order valence-corrected chi connectivity index (χ4v) is 2.52. The Balaban J connectivity index is 2.06. The third-order valence-corrected chi connectivity index (χ3v) is 3.43. The third-order valence-electron chi connectivity index (χ3n) is 3.43. The molecule has 0 aromatic heterocycles. The first kappa shape index (κ1) is 13.9. The van der Waals surface area contributed by atoms with Crippen LogP contribution < -0.4 is 15.2 Å². The van der Waals surface area contributed by atoms with Crippen molar-refractivity contribution in [1.82, 2.24) is 0 Å². The van der Waals surface area contributed by atoms with Gasteiger partial charge in [-0.2, -0.15) is 0 Å². The molecule has 0 amide bonds. The number of ketones is 1. The van der Waals surface area contributed by atoms with Gasteiger partial charge in [0.15, 0.2) is 0 Å². The Hall–Kier alpha value is -1.55. The van der Waals surface area contributed by atoms with Crippen LogP contribution in [0.3, 0.4) is 0 Å². The molecule has 1 atom stereocenters. The summed E-state index contributed by atoms with van der Waals surface area (Å²) in [6, 6.07) is 4.01. The zero-order valence-electron chi connectivity index (χ0n) is 11.6. The lowest BCUT2D eigenvalue weighted by molar-refractivity contribution is -0.117. The number of rotatable bonds is 6. The Kier molecular flexibility index (Phi) is 4.43. The van der Waals surface area contributed by atoms with E-state index in [1.165, 1.54) is 5.56 Å². The maximum Gasteiger partial charge on any atom is 0.129 e. The number of methoxy groups -OCH3 is 1. The van der Waals surface area contributed by atoms with Gasteiger partial charge in [-0.3, -0.25) is 0 Å². The molecule has 0 radical (unpaired) electrons. The van der Waals surface area contributed by atoms with Crippen LogP contribution in [0.1, 0.15) is 30.9 Å². The largest absolute Gasteiger partial charge is 0.496 e. The Morgan fingerprint density at radius 1 is 1.32 bits per heavy atom. The van der Waals surface area contributed by atoms with E-state index in [1.54, 1.807) is 14.0 Å². The first-order chi connectivity index (χ1) is 9.11. The Bertz CT molecular complexity index is 471.